The van der Waals surface area contributed by atoms with Crippen LogP contribution in [0.25, 0.3) is 0 Å². The maximum Gasteiger partial charge on any atom is 0.219 e. The number of halogens is 1. The van der Waals surface area contributed by atoms with Gasteiger partial charge >= 0.3 is 0 Å². The van der Waals surface area contributed by atoms with Crippen molar-refractivity contribution in [2.45, 2.75) is 6.42 Å². The second kappa shape index (κ2) is 6.46. The summed E-state index contributed by atoms with van der Waals surface area (Å²) in [6, 6.07) is 8.18. The molecule has 17 heavy (non-hydrogen) atoms. The van der Waals surface area contributed by atoms with Crippen LogP contribution in [0.15, 0.2) is 30.3 Å². The van der Waals surface area contributed by atoms with E-state index in [1.54, 1.807) is 30.3 Å². The van der Waals surface area contributed by atoms with Gasteiger partial charge in [-0.1, -0.05) is 30.3 Å². The number of ketones is 1. The first-order chi connectivity index (χ1) is 8.05. The molecule has 0 aromatic heterocycles. The topological polar surface area (TPSA) is 63.2 Å². The van der Waals surface area contributed by atoms with Gasteiger partial charge in [0.2, 0.25) is 10.0 Å². The summed E-state index contributed by atoms with van der Waals surface area (Å²) in [6.07, 6.45) is 0.110. The number of benzene rings is 1. The van der Waals surface area contributed by atoms with Gasteiger partial charge < -0.3 is 0 Å². The summed E-state index contributed by atoms with van der Waals surface area (Å²) in [7, 11) is -3.67. The number of nitrogens with one attached hydrogen (secondary N) is 1. The lowest BCUT2D eigenvalue weighted by Gasteiger charge is -2.04. The fourth-order valence-corrected chi connectivity index (χ4v) is 2.29. The maximum absolute atomic E-state index is 11.8. The summed E-state index contributed by atoms with van der Waals surface area (Å²) < 4.78 is 36.8. The van der Waals surface area contributed by atoms with Crippen LogP contribution in [0.1, 0.15) is 16.8 Å². The normalized spacial score (nSPS) is 11.4. The Balaban J connectivity index is 2.56. The molecule has 0 fully saturated rings. The molecule has 94 valence electrons. The Morgan fingerprint density at radius 2 is 1.88 bits per heavy atom. The van der Waals surface area contributed by atoms with Crippen molar-refractivity contribution in [3.8, 4) is 0 Å². The van der Waals surface area contributed by atoms with Crippen LogP contribution in [0.2, 0.25) is 0 Å². The van der Waals surface area contributed by atoms with Crippen LogP contribution in [-0.2, 0) is 10.0 Å². The van der Waals surface area contributed by atoms with E-state index in [0.29, 0.717) is 5.56 Å². The molecular formula is C11H14FNO3S. The Labute approximate surface area is 99.9 Å². The number of hydrogen-bond donors (Lipinski definition) is 1. The first-order valence-corrected chi connectivity index (χ1v) is 6.82. The molecule has 1 aromatic rings. The highest BCUT2D eigenvalue weighted by molar-refractivity contribution is 7.90. The molecule has 4 nitrogen and oxygen atoms in total. The van der Waals surface area contributed by atoms with Gasteiger partial charge in [-0.15, -0.1) is 0 Å². The summed E-state index contributed by atoms with van der Waals surface area (Å²) in [6.45, 7) is -0.573. The van der Waals surface area contributed by atoms with Crippen LogP contribution in [0.5, 0.6) is 0 Å². The van der Waals surface area contributed by atoms with Crippen molar-refractivity contribution in [3.63, 3.8) is 0 Å². The Morgan fingerprint density at radius 1 is 1.24 bits per heavy atom. The number of rotatable bonds is 7. The predicted octanol–water partition coefficient (Wildman–Crippen LogP) is 1.15. The Morgan fingerprint density at radius 3 is 2.47 bits per heavy atom. The minimum absolute atomic E-state index is 0.0148. The van der Waals surface area contributed by atoms with Gasteiger partial charge in [-0.2, -0.15) is 0 Å². The lowest BCUT2D eigenvalue weighted by atomic mass is 10.2. The predicted molar refractivity (Wildman–Crippen MR) is 63.2 cm³/mol. The lowest BCUT2D eigenvalue weighted by molar-refractivity contribution is 0.102. The molecule has 0 bridgehead atoms. The van der Waals surface area contributed by atoms with E-state index < -0.39 is 28.2 Å². The molecule has 0 aliphatic rings. The van der Waals surface area contributed by atoms with Gasteiger partial charge in [-0.3, -0.25) is 9.18 Å². The zero-order valence-electron chi connectivity index (χ0n) is 9.23. The molecule has 0 unspecified atom stereocenters. The van der Waals surface area contributed by atoms with Gasteiger partial charge in [0.25, 0.3) is 0 Å². The largest absolute Gasteiger partial charge is 0.293 e. The van der Waals surface area contributed by atoms with E-state index in [9.17, 15) is 17.6 Å². The van der Waals surface area contributed by atoms with Crippen molar-refractivity contribution >= 4 is 15.8 Å². The molecule has 0 saturated heterocycles. The lowest BCUT2D eigenvalue weighted by Crippen LogP contribution is -2.31. The molecule has 1 aromatic carbocycles. The SMILES string of the molecule is O=C(CS(=O)(=O)NCCCF)c1ccccc1. The highest BCUT2D eigenvalue weighted by Gasteiger charge is 2.16. The monoisotopic (exact) mass is 259 g/mol. The molecule has 0 atom stereocenters. The van der Waals surface area contributed by atoms with Crippen LogP contribution in [0, 0.1) is 0 Å². The zero-order chi connectivity index (χ0) is 12.7. The van der Waals surface area contributed by atoms with Crippen LogP contribution in [0.3, 0.4) is 0 Å². The zero-order valence-corrected chi connectivity index (χ0v) is 10.0. The van der Waals surface area contributed by atoms with Gasteiger partial charge in [-0.25, -0.2) is 13.1 Å². The van der Waals surface area contributed by atoms with E-state index in [4.69, 9.17) is 0 Å². The molecule has 0 saturated carbocycles. The van der Waals surface area contributed by atoms with Gasteiger partial charge in [0.1, 0.15) is 5.75 Å². The Bertz CT molecular complexity index is 459. The van der Waals surface area contributed by atoms with Crippen molar-refractivity contribution < 1.29 is 17.6 Å². The second-order valence-electron chi connectivity index (χ2n) is 3.49. The highest BCUT2D eigenvalue weighted by Crippen LogP contribution is 2.01. The number of carbonyl (C=O) groups is 1. The van der Waals surface area contributed by atoms with Crippen molar-refractivity contribution in [1.82, 2.24) is 4.72 Å². The first kappa shape index (κ1) is 13.8. The van der Waals surface area contributed by atoms with E-state index in [1.807, 2.05) is 0 Å². The molecule has 6 heteroatoms. The number of Topliss-reactive ketones (excluding diaryl/α,β-unsaturated/α-hetero) is 1. The Hall–Kier alpha value is -1.27. The average Bonchev–Trinajstić information content (AvgIpc) is 2.30. The number of sulfonamides is 1. The van der Waals surface area contributed by atoms with E-state index in [1.165, 1.54) is 0 Å². The molecule has 1 rings (SSSR count). The van der Waals surface area contributed by atoms with Gasteiger partial charge in [0, 0.05) is 12.1 Å². The number of alkyl halides is 1. The van der Waals surface area contributed by atoms with E-state index in [-0.39, 0.29) is 13.0 Å². The van der Waals surface area contributed by atoms with Gasteiger partial charge in [-0.05, 0) is 6.42 Å². The maximum atomic E-state index is 11.8. The molecule has 0 amide bonds. The first-order valence-electron chi connectivity index (χ1n) is 5.17. The van der Waals surface area contributed by atoms with E-state index in [0.717, 1.165) is 0 Å². The van der Waals surface area contributed by atoms with E-state index in [2.05, 4.69) is 4.72 Å². The average molecular weight is 259 g/mol. The molecule has 0 aliphatic carbocycles. The van der Waals surface area contributed by atoms with Crippen LogP contribution < -0.4 is 4.72 Å². The van der Waals surface area contributed by atoms with Crippen molar-refractivity contribution in [2.24, 2.45) is 0 Å². The molecule has 0 heterocycles. The summed E-state index contributed by atoms with van der Waals surface area (Å²) in [4.78, 5) is 11.6. The molecule has 0 spiro atoms. The smallest absolute Gasteiger partial charge is 0.219 e. The van der Waals surface area contributed by atoms with E-state index >= 15 is 0 Å². The summed E-state index contributed by atoms with van der Waals surface area (Å²) >= 11 is 0. The third kappa shape index (κ3) is 5.06. The van der Waals surface area contributed by atoms with Crippen LogP contribution in [0.4, 0.5) is 4.39 Å². The molecular weight excluding hydrogens is 245 g/mol. The summed E-state index contributed by atoms with van der Waals surface area (Å²) in [5, 5.41) is 0. The summed E-state index contributed by atoms with van der Waals surface area (Å²) in [5.74, 6) is -1.08. The standard InChI is InChI=1S/C11H14FNO3S/c12-7-4-8-13-17(15,16)9-11(14)10-5-2-1-3-6-10/h1-3,5-6,13H,4,7-9H2. The quantitative estimate of drug-likeness (QED) is 0.590. The van der Waals surface area contributed by atoms with Crippen molar-refractivity contribution in [2.75, 3.05) is 19.0 Å². The van der Waals surface area contributed by atoms with Crippen LogP contribution >= 0.6 is 0 Å². The molecule has 0 aliphatic heterocycles. The molecule has 0 radical (unpaired) electrons. The fraction of sp³-hybridized carbons (Fsp3) is 0.364. The summed E-state index contributed by atoms with van der Waals surface area (Å²) in [5.41, 5.74) is 0.350. The Kier molecular flexibility index (Phi) is 5.24. The number of hydrogen-bond acceptors (Lipinski definition) is 3. The van der Waals surface area contributed by atoms with Gasteiger partial charge in [0.15, 0.2) is 5.78 Å². The highest BCUT2D eigenvalue weighted by atomic mass is 32.2. The molecule has 1 N–H and O–H groups in total. The number of carbonyl (C=O) groups excluding carboxylic acids is 1. The fourth-order valence-electron chi connectivity index (χ4n) is 1.23. The van der Waals surface area contributed by atoms with Crippen molar-refractivity contribution in [1.29, 1.82) is 0 Å². The van der Waals surface area contributed by atoms with Crippen molar-refractivity contribution in [3.05, 3.63) is 35.9 Å². The minimum atomic E-state index is -3.67. The second-order valence-corrected chi connectivity index (χ2v) is 5.29. The third-order valence-electron chi connectivity index (χ3n) is 2.05. The van der Waals surface area contributed by atoms with Gasteiger partial charge in [0.05, 0.1) is 6.67 Å². The third-order valence-corrected chi connectivity index (χ3v) is 3.34. The minimum Gasteiger partial charge on any atom is -0.293 e. The van der Waals surface area contributed by atoms with Crippen LogP contribution in [-0.4, -0.2) is 33.2 Å².